The second-order valence-electron chi connectivity index (χ2n) is 11.3. The molecule has 0 radical (unpaired) electrons. The number of fused-ring (bicyclic) bond motifs is 1. The van der Waals surface area contributed by atoms with Gasteiger partial charge in [0.2, 0.25) is 5.28 Å². The van der Waals surface area contributed by atoms with E-state index < -0.39 is 29.7 Å². The summed E-state index contributed by atoms with van der Waals surface area (Å²) in [6, 6.07) is 0. The highest BCUT2D eigenvalue weighted by Gasteiger charge is 2.42. The molecule has 13 heteroatoms. The minimum atomic E-state index is -1.63. The van der Waals surface area contributed by atoms with Crippen LogP contribution in [0.25, 0.3) is 11.2 Å². The fourth-order valence-electron chi connectivity index (χ4n) is 6.25. The summed E-state index contributed by atoms with van der Waals surface area (Å²) in [5.41, 5.74) is -0.821. The lowest BCUT2D eigenvalue weighted by molar-refractivity contribution is -0.163. The number of imidazole rings is 1. The number of esters is 2. The van der Waals surface area contributed by atoms with Gasteiger partial charge in [-0.1, -0.05) is 18.8 Å². The average molecular weight is 588 g/mol. The third-order valence-electron chi connectivity index (χ3n) is 8.84. The zero-order valence-electron chi connectivity index (χ0n) is 22.9. The third kappa shape index (κ3) is 6.03. The van der Waals surface area contributed by atoms with Crippen LogP contribution in [0.5, 0.6) is 0 Å². The first kappa shape index (κ1) is 29.2. The molecule has 0 bridgehead atoms. The number of carbonyl (C=O) groups is 3. The highest BCUT2D eigenvalue weighted by Crippen LogP contribution is 2.50. The Morgan fingerprint density at radius 3 is 2.66 bits per heavy atom. The number of carbonyl (C=O) groups excluding carboxylic acids is 3. The van der Waals surface area contributed by atoms with Crippen molar-refractivity contribution in [2.45, 2.75) is 88.6 Å². The molecule has 12 nitrogen and oxygen atoms in total. The molecule has 2 aliphatic carbocycles. The number of methoxy groups -OCH3 is 1. The molecule has 5 rings (SSSR count). The molecule has 2 N–H and O–H groups in total. The number of ether oxygens (including phenoxy) is 3. The van der Waals surface area contributed by atoms with Crippen LogP contribution < -0.4 is 5.32 Å². The lowest BCUT2D eigenvalue weighted by Gasteiger charge is -2.37. The van der Waals surface area contributed by atoms with E-state index in [1.54, 1.807) is 0 Å². The van der Waals surface area contributed by atoms with Crippen LogP contribution in [0.3, 0.4) is 0 Å². The fraction of sp³-hybridized carbons (Fsp3) is 0.643. The normalized spacial score (nSPS) is 22.7. The van der Waals surface area contributed by atoms with Crippen molar-refractivity contribution >= 4 is 46.4 Å². The second-order valence-corrected chi connectivity index (χ2v) is 11.6. The largest absolute Gasteiger partial charge is 0.461 e. The van der Waals surface area contributed by atoms with Gasteiger partial charge in [-0.3, -0.25) is 14.4 Å². The smallest absolute Gasteiger partial charge is 0.309 e. The standard InChI is InChI=1S/C28H34ClN5O7/c1-3-28(39-2,15-40-25(38)17-8-12-27(13-9-17)10-4-5-11-27)19(35)14-34-16-30-21-22(32-26(29)33-23(21)34)31-24(37)18-6-7-20(36)41-18/h1,16-19,35H,4-15H2,2H3,(H,31,32,33,37)/t18-,19+,28?/m1/s1. The minimum absolute atomic E-state index is 0.0249. The fourth-order valence-corrected chi connectivity index (χ4v) is 6.42. The quantitative estimate of drug-likeness (QED) is 0.254. The van der Waals surface area contributed by atoms with Crippen molar-refractivity contribution in [3.63, 3.8) is 0 Å². The Morgan fingerprint density at radius 2 is 2.02 bits per heavy atom. The zero-order valence-corrected chi connectivity index (χ0v) is 23.7. The number of hydrogen-bond acceptors (Lipinski definition) is 10. The zero-order chi connectivity index (χ0) is 29.2. The summed E-state index contributed by atoms with van der Waals surface area (Å²) in [7, 11) is 1.34. The first-order valence-corrected chi connectivity index (χ1v) is 14.3. The van der Waals surface area contributed by atoms with E-state index in [4.69, 9.17) is 32.2 Å². The van der Waals surface area contributed by atoms with E-state index in [1.807, 2.05) is 0 Å². The molecular formula is C28H34ClN5O7. The predicted molar refractivity (Wildman–Crippen MR) is 146 cm³/mol. The molecule has 1 amide bonds. The highest BCUT2D eigenvalue weighted by molar-refractivity contribution is 6.28. The summed E-state index contributed by atoms with van der Waals surface area (Å²) < 4.78 is 17.6. The lowest BCUT2D eigenvalue weighted by atomic mass is 9.69. The molecule has 3 fully saturated rings. The van der Waals surface area contributed by atoms with Crippen molar-refractivity contribution in [1.29, 1.82) is 0 Å². The summed E-state index contributed by atoms with van der Waals surface area (Å²) in [4.78, 5) is 49.4. The summed E-state index contributed by atoms with van der Waals surface area (Å²) >= 11 is 6.12. The topological polar surface area (TPSA) is 155 Å². The maximum absolute atomic E-state index is 12.9. The molecule has 3 atom stereocenters. The molecule has 1 aliphatic heterocycles. The second kappa shape index (κ2) is 11.9. The molecule has 2 saturated carbocycles. The number of aliphatic hydroxyl groups excluding tert-OH is 1. The average Bonchev–Trinajstić information content (AvgIpc) is 3.71. The number of terminal acetylenes is 1. The van der Waals surface area contributed by atoms with Crippen LogP contribution in [0.4, 0.5) is 5.82 Å². The maximum atomic E-state index is 12.9. The van der Waals surface area contributed by atoms with Gasteiger partial charge in [0.1, 0.15) is 12.7 Å². The van der Waals surface area contributed by atoms with Crippen molar-refractivity contribution < 1.29 is 33.7 Å². The number of aliphatic hydroxyl groups is 1. The van der Waals surface area contributed by atoms with E-state index >= 15 is 0 Å². The minimum Gasteiger partial charge on any atom is -0.461 e. The molecule has 0 aromatic carbocycles. The number of cyclic esters (lactones) is 1. The molecule has 3 heterocycles. The molecular weight excluding hydrogens is 554 g/mol. The third-order valence-corrected chi connectivity index (χ3v) is 9.01. The van der Waals surface area contributed by atoms with Crippen molar-refractivity contribution in [2.24, 2.45) is 11.3 Å². The molecule has 1 unspecified atom stereocenters. The number of amides is 1. The van der Waals surface area contributed by atoms with E-state index in [2.05, 4.69) is 26.2 Å². The number of aromatic nitrogens is 4. The Balaban J connectivity index is 1.25. The van der Waals surface area contributed by atoms with Crippen molar-refractivity contribution in [2.75, 3.05) is 19.0 Å². The molecule has 1 spiro atoms. The molecule has 1 saturated heterocycles. The summed E-state index contributed by atoms with van der Waals surface area (Å²) in [5, 5.41) is 13.6. The Kier molecular flexibility index (Phi) is 8.50. The number of nitrogens with zero attached hydrogens (tertiary/aromatic N) is 4. The summed E-state index contributed by atoms with van der Waals surface area (Å²) in [6.45, 7) is -0.468. The van der Waals surface area contributed by atoms with E-state index in [0.29, 0.717) is 5.41 Å². The lowest BCUT2D eigenvalue weighted by Crippen LogP contribution is -2.50. The van der Waals surface area contributed by atoms with Gasteiger partial charge < -0.3 is 29.2 Å². The van der Waals surface area contributed by atoms with Crippen LogP contribution in [0, 0.1) is 23.7 Å². The van der Waals surface area contributed by atoms with E-state index in [-0.39, 0.29) is 60.1 Å². The van der Waals surface area contributed by atoms with Crippen molar-refractivity contribution in [3.05, 3.63) is 11.6 Å². The number of hydrogen-bond donors (Lipinski definition) is 2. The van der Waals surface area contributed by atoms with Gasteiger partial charge in [-0.05, 0) is 55.5 Å². The van der Waals surface area contributed by atoms with Crippen LogP contribution >= 0.6 is 11.6 Å². The summed E-state index contributed by atoms with van der Waals surface area (Å²) in [5.74, 6) is 0.953. The first-order chi connectivity index (χ1) is 19.7. The molecule has 41 heavy (non-hydrogen) atoms. The molecule has 2 aromatic heterocycles. The van der Waals surface area contributed by atoms with Crippen LogP contribution in [0.1, 0.15) is 64.2 Å². The van der Waals surface area contributed by atoms with Crippen LogP contribution in [-0.2, 0) is 35.1 Å². The van der Waals surface area contributed by atoms with Crippen molar-refractivity contribution in [1.82, 2.24) is 19.5 Å². The number of anilines is 1. The SMILES string of the molecule is C#CC(COC(=O)C1CCC2(CCCC2)CC1)(OC)[C@@H](O)Cn1cnc2c(NC(=O)[C@H]3CCC(=O)O3)nc(Cl)nc21. The highest BCUT2D eigenvalue weighted by atomic mass is 35.5. The number of nitrogens with one attached hydrogen (secondary N) is 1. The van der Waals surface area contributed by atoms with Gasteiger partial charge >= 0.3 is 11.9 Å². The van der Waals surface area contributed by atoms with Crippen LogP contribution in [-0.4, -0.2) is 74.0 Å². The van der Waals surface area contributed by atoms with E-state index in [0.717, 1.165) is 25.7 Å². The Morgan fingerprint density at radius 1 is 1.29 bits per heavy atom. The summed E-state index contributed by atoms with van der Waals surface area (Å²) in [6.07, 6.45) is 14.0. The van der Waals surface area contributed by atoms with Gasteiger partial charge in [0.05, 0.1) is 18.8 Å². The van der Waals surface area contributed by atoms with Gasteiger partial charge in [-0.25, -0.2) is 4.98 Å². The Labute approximate surface area is 242 Å². The van der Waals surface area contributed by atoms with Crippen molar-refractivity contribution in [3.8, 4) is 12.3 Å². The Bertz CT molecular complexity index is 1360. The molecule has 3 aliphatic rings. The number of halogens is 1. The van der Waals surface area contributed by atoms with Crippen LogP contribution in [0.15, 0.2) is 6.33 Å². The molecule has 220 valence electrons. The van der Waals surface area contributed by atoms with Gasteiger partial charge in [0, 0.05) is 20.0 Å². The van der Waals surface area contributed by atoms with E-state index in [9.17, 15) is 19.5 Å². The molecule has 2 aromatic rings. The van der Waals surface area contributed by atoms with E-state index in [1.165, 1.54) is 43.7 Å². The van der Waals surface area contributed by atoms with Gasteiger partial charge in [0.25, 0.3) is 5.91 Å². The Hall–Kier alpha value is -3.27. The first-order valence-electron chi connectivity index (χ1n) is 13.9. The maximum Gasteiger partial charge on any atom is 0.309 e. The van der Waals surface area contributed by atoms with Gasteiger partial charge in [0.15, 0.2) is 28.7 Å². The van der Waals surface area contributed by atoms with Crippen LogP contribution in [0.2, 0.25) is 5.28 Å². The number of rotatable bonds is 9. The monoisotopic (exact) mass is 587 g/mol. The van der Waals surface area contributed by atoms with Gasteiger partial charge in [-0.15, -0.1) is 6.42 Å². The van der Waals surface area contributed by atoms with Gasteiger partial charge in [-0.2, -0.15) is 9.97 Å². The predicted octanol–water partition coefficient (Wildman–Crippen LogP) is 2.80.